The van der Waals surface area contributed by atoms with Crippen molar-refractivity contribution >= 4 is 23.2 Å². The molecule has 0 saturated heterocycles. The Morgan fingerprint density at radius 3 is 1.71 bits per heavy atom. The van der Waals surface area contributed by atoms with Crippen molar-refractivity contribution < 1.29 is 31.1 Å². The van der Waals surface area contributed by atoms with Crippen LogP contribution in [-0.2, 0) is 12.4 Å². The Morgan fingerprint density at radius 2 is 1.29 bits per heavy atom. The van der Waals surface area contributed by atoms with Gasteiger partial charge in [0.15, 0.2) is 0 Å². The predicted molar refractivity (Wildman–Crippen MR) is 75.9 cm³/mol. The van der Waals surface area contributed by atoms with Crippen LogP contribution in [0.4, 0.5) is 32.0 Å². The molecule has 1 amide bonds. The molecule has 128 valence electrons. The van der Waals surface area contributed by atoms with E-state index in [1.807, 2.05) is 0 Å². The molecule has 2 aromatic carbocycles. The van der Waals surface area contributed by atoms with Crippen molar-refractivity contribution in [3.05, 3.63) is 64.2 Å². The van der Waals surface area contributed by atoms with Crippen LogP contribution in [0, 0.1) is 0 Å². The minimum atomic E-state index is -5.02. The van der Waals surface area contributed by atoms with E-state index in [2.05, 4.69) is 5.32 Å². The highest BCUT2D eigenvalue weighted by atomic mass is 35.5. The van der Waals surface area contributed by atoms with Crippen LogP contribution in [0.5, 0.6) is 0 Å². The molecule has 0 aliphatic rings. The van der Waals surface area contributed by atoms with Crippen LogP contribution in [0.15, 0.2) is 42.5 Å². The number of carbonyl (C=O) groups excluding carboxylic acids is 1. The summed E-state index contributed by atoms with van der Waals surface area (Å²) < 4.78 is 76.5. The zero-order valence-electron chi connectivity index (χ0n) is 11.6. The summed E-state index contributed by atoms with van der Waals surface area (Å²) in [5.74, 6) is -1.10. The average Bonchev–Trinajstić information content (AvgIpc) is 2.47. The Balaban J connectivity index is 2.40. The lowest BCUT2D eigenvalue weighted by Crippen LogP contribution is -2.17. The van der Waals surface area contributed by atoms with Gasteiger partial charge >= 0.3 is 12.4 Å². The molecule has 2 rings (SSSR count). The van der Waals surface area contributed by atoms with Gasteiger partial charge in [-0.15, -0.1) is 0 Å². The zero-order chi connectivity index (χ0) is 18.1. The van der Waals surface area contributed by atoms with Crippen molar-refractivity contribution in [1.29, 1.82) is 0 Å². The predicted octanol–water partition coefficient (Wildman–Crippen LogP) is 5.63. The van der Waals surface area contributed by atoms with Crippen LogP contribution in [0.3, 0.4) is 0 Å². The monoisotopic (exact) mass is 367 g/mol. The summed E-state index contributed by atoms with van der Waals surface area (Å²) in [4.78, 5) is 12.0. The molecule has 0 aliphatic heterocycles. The Hall–Kier alpha value is -2.22. The third-order valence-corrected chi connectivity index (χ3v) is 3.20. The maximum atomic E-state index is 12.8. The number of alkyl halides is 6. The fourth-order valence-electron chi connectivity index (χ4n) is 1.82. The molecular formula is C15H8ClF6NO. The van der Waals surface area contributed by atoms with Gasteiger partial charge in [-0.3, -0.25) is 4.79 Å². The number of benzene rings is 2. The van der Waals surface area contributed by atoms with Gasteiger partial charge in [0.1, 0.15) is 0 Å². The van der Waals surface area contributed by atoms with Gasteiger partial charge in [0, 0.05) is 16.3 Å². The molecule has 0 fully saturated rings. The zero-order valence-corrected chi connectivity index (χ0v) is 12.4. The summed E-state index contributed by atoms with van der Waals surface area (Å²) in [6.45, 7) is 0. The van der Waals surface area contributed by atoms with E-state index in [0.29, 0.717) is 17.2 Å². The second kappa shape index (κ2) is 6.35. The maximum Gasteiger partial charge on any atom is 0.416 e. The molecule has 0 aromatic heterocycles. The van der Waals surface area contributed by atoms with E-state index in [4.69, 9.17) is 11.6 Å². The van der Waals surface area contributed by atoms with Crippen molar-refractivity contribution in [1.82, 2.24) is 0 Å². The number of rotatable bonds is 2. The van der Waals surface area contributed by atoms with Crippen LogP contribution >= 0.6 is 11.6 Å². The van der Waals surface area contributed by atoms with Crippen LogP contribution < -0.4 is 5.32 Å². The summed E-state index contributed by atoms with van der Waals surface area (Å²) in [5, 5.41) is 2.56. The Labute approximate surface area is 137 Å². The molecule has 0 bridgehead atoms. The lowest BCUT2D eigenvalue weighted by atomic mass is 10.0. The molecular weight excluding hydrogens is 360 g/mol. The van der Waals surface area contributed by atoms with Crippen molar-refractivity contribution in [2.45, 2.75) is 12.4 Å². The molecule has 9 heteroatoms. The standard InChI is InChI=1S/C15H8ClF6NO/c16-11-1-3-12(4-2-11)23-13(24)8-5-9(14(17,18)19)7-10(6-8)15(20,21)22/h1-7H,(H,23,24). The van der Waals surface area contributed by atoms with E-state index >= 15 is 0 Å². The Bertz CT molecular complexity index is 720. The van der Waals surface area contributed by atoms with Crippen LogP contribution in [0.1, 0.15) is 21.5 Å². The number of halogens is 7. The number of carbonyl (C=O) groups is 1. The number of nitrogens with one attached hydrogen (secondary N) is 1. The quantitative estimate of drug-likeness (QED) is 0.685. The topological polar surface area (TPSA) is 29.1 Å². The molecule has 0 unspecified atom stereocenters. The second-order valence-electron chi connectivity index (χ2n) is 4.76. The molecule has 0 radical (unpaired) electrons. The van der Waals surface area contributed by atoms with Crippen molar-refractivity contribution in [2.24, 2.45) is 0 Å². The van der Waals surface area contributed by atoms with Gasteiger partial charge in [-0.05, 0) is 42.5 Å². The van der Waals surface area contributed by atoms with E-state index < -0.39 is 35.0 Å². The Kier molecular flexibility index (Phi) is 4.80. The first-order valence-electron chi connectivity index (χ1n) is 6.33. The van der Waals surface area contributed by atoms with E-state index in [1.165, 1.54) is 24.3 Å². The molecule has 2 aromatic rings. The lowest BCUT2D eigenvalue weighted by Gasteiger charge is -2.14. The molecule has 0 saturated carbocycles. The van der Waals surface area contributed by atoms with E-state index in [1.54, 1.807) is 0 Å². The normalized spacial score (nSPS) is 12.1. The highest BCUT2D eigenvalue weighted by Gasteiger charge is 2.37. The van der Waals surface area contributed by atoms with Crippen molar-refractivity contribution in [2.75, 3.05) is 5.32 Å². The minimum Gasteiger partial charge on any atom is -0.322 e. The van der Waals surface area contributed by atoms with Crippen LogP contribution in [0.25, 0.3) is 0 Å². The van der Waals surface area contributed by atoms with Gasteiger partial charge in [-0.1, -0.05) is 11.6 Å². The summed E-state index contributed by atoms with van der Waals surface area (Å²) in [6, 6.07) is 6.21. The first-order chi connectivity index (χ1) is 11.0. The van der Waals surface area contributed by atoms with Gasteiger partial charge < -0.3 is 5.32 Å². The molecule has 0 heterocycles. The van der Waals surface area contributed by atoms with Crippen molar-refractivity contribution in [3.63, 3.8) is 0 Å². The van der Waals surface area contributed by atoms with E-state index in [0.717, 1.165) is 0 Å². The largest absolute Gasteiger partial charge is 0.416 e. The van der Waals surface area contributed by atoms with Gasteiger partial charge in [-0.25, -0.2) is 0 Å². The van der Waals surface area contributed by atoms with Gasteiger partial charge in [-0.2, -0.15) is 26.3 Å². The SMILES string of the molecule is O=C(Nc1ccc(Cl)cc1)c1cc(C(F)(F)F)cc(C(F)(F)F)c1. The number of hydrogen-bond acceptors (Lipinski definition) is 1. The van der Waals surface area contributed by atoms with Crippen LogP contribution in [0.2, 0.25) is 5.02 Å². The molecule has 24 heavy (non-hydrogen) atoms. The highest BCUT2D eigenvalue weighted by molar-refractivity contribution is 6.30. The molecule has 2 nitrogen and oxygen atoms in total. The van der Waals surface area contributed by atoms with E-state index in [-0.39, 0.29) is 11.8 Å². The number of hydrogen-bond donors (Lipinski definition) is 1. The van der Waals surface area contributed by atoms with Crippen LogP contribution in [-0.4, -0.2) is 5.91 Å². The fraction of sp³-hybridized carbons (Fsp3) is 0.133. The lowest BCUT2D eigenvalue weighted by molar-refractivity contribution is -0.143. The number of anilines is 1. The third kappa shape index (κ3) is 4.41. The molecule has 0 spiro atoms. The fourth-order valence-corrected chi connectivity index (χ4v) is 1.95. The average molecular weight is 368 g/mol. The van der Waals surface area contributed by atoms with Crippen molar-refractivity contribution in [3.8, 4) is 0 Å². The summed E-state index contributed by atoms with van der Waals surface area (Å²) in [5.41, 5.74) is -3.69. The van der Waals surface area contributed by atoms with Gasteiger partial charge in [0.25, 0.3) is 5.91 Å². The smallest absolute Gasteiger partial charge is 0.322 e. The number of amides is 1. The molecule has 0 atom stereocenters. The maximum absolute atomic E-state index is 12.8. The summed E-state index contributed by atoms with van der Waals surface area (Å²) in [7, 11) is 0. The highest BCUT2D eigenvalue weighted by Crippen LogP contribution is 2.36. The first-order valence-corrected chi connectivity index (χ1v) is 6.71. The first kappa shape index (κ1) is 18.1. The van der Waals surface area contributed by atoms with E-state index in [9.17, 15) is 31.1 Å². The molecule has 0 aliphatic carbocycles. The molecule has 1 N–H and O–H groups in total. The summed E-state index contributed by atoms with van der Waals surface area (Å²) in [6.07, 6.45) is -10.0. The van der Waals surface area contributed by atoms with Gasteiger partial charge in [0.05, 0.1) is 11.1 Å². The third-order valence-electron chi connectivity index (χ3n) is 2.95. The van der Waals surface area contributed by atoms with Gasteiger partial charge in [0.2, 0.25) is 0 Å². The second-order valence-corrected chi connectivity index (χ2v) is 5.19. The summed E-state index contributed by atoms with van der Waals surface area (Å²) >= 11 is 5.64. The Morgan fingerprint density at radius 1 is 0.833 bits per heavy atom. The minimum absolute atomic E-state index is 0.0426.